The van der Waals surface area contributed by atoms with Crippen molar-refractivity contribution < 1.29 is 14.1 Å². The topological polar surface area (TPSA) is 46.4 Å². The smallest absolute Gasteiger partial charge is 0.280 e. The molecule has 7 heteroatoms. The predicted octanol–water partition coefficient (Wildman–Crippen LogP) is 2.18. The molecule has 0 radical (unpaired) electrons. The van der Waals surface area contributed by atoms with E-state index in [1.54, 1.807) is 6.07 Å². The van der Waals surface area contributed by atoms with E-state index >= 15 is 0 Å². The number of rotatable bonds is 5. The maximum atomic E-state index is 13.1. The number of amides is 1. The third kappa shape index (κ3) is 4.94. The monoisotopic (exact) mass is 342 g/mol. The van der Waals surface area contributed by atoms with Crippen LogP contribution in [0, 0.1) is 5.82 Å². The van der Waals surface area contributed by atoms with Crippen LogP contribution in [-0.2, 0) is 11.3 Å². The third-order valence-electron chi connectivity index (χ3n) is 2.92. The molecular formula is C15H15Cl2FN3O+. The zero-order valence-corrected chi connectivity index (χ0v) is 13.4. The Labute approximate surface area is 137 Å². The lowest BCUT2D eigenvalue weighted by molar-refractivity contribution is -0.885. The summed E-state index contributed by atoms with van der Waals surface area (Å²) in [6.07, 6.45) is 1.41. The average Bonchev–Trinajstić information content (AvgIpc) is 2.41. The van der Waals surface area contributed by atoms with Gasteiger partial charge in [0.1, 0.15) is 12.4 Å². The third-order valence-corrected chi connectivity index (χ3v) is 3.42. The van der Waals surface area contributed by atoms with Crippen LogP contribution in [0.1, 0.15) is 5.56 Å². The van der Waals surface area contributed by atoms with Gasteiger partial charge in [0, 0.05) is 11.8 Å². The molecule has 2 N–H and O–H groups in total. The SMILES string of the molecule is C[NH+](CC(=O)Nc1ncc(Cl)cc1Cl)Cc1cccc(F)c1. The number of halogens is 3. The number of hydrogen-bond donors (Lipinski definition) is 2. The lowest BCUT2D eigenvalue weighted by Crippen LogP contribution is -3.08. The highest BCUT2D eigenvalue weighted by molar-refractivity contribution is 6.36. The second kappa shape index (κ2) is 7.54. The van der Waals surface area contributed by atoms with Crippen molar-refractivity contribution in [2.24, 2.45) is 0 Å². The van der Waals surface area contributed by atoms with Gasteiger partial charge in [0.05, 0.1) is 17.1 Å². The summed E-state index contributed by atoms with van der Waals surface area (Å²) >= 11 is 11.7. The molecule has 0 aliphatic rings. The molecule has 2 aromatic rings. The van der Waals surface area contributed by atoms with Gasteiger partial charge in [-0.2, -0.15) is 0 Å². The molecule has 1 heterocycles. The summed E-state index contributed by atoms with van der Waals surface area (Å²) in [5, 5.41) is 3.31. The number of carbonyl (C=O) groups is 1. The fourth-order valence-electron chi connectivity index (χ4n) is 2.01. The first kappa shape index (κ1) is 16.7. The van der Waals surface area contributed by atoms with Crippen LogP contribution in [0.15, 0.2) is 36.5 Å². The highest BCUT2D eigenvalue weighted by atomic mass is 35.5. The highest BCUT2D eigenvalue weighted by Crippen LogP contribution is 2.22. The molecule has 0 aliphatic heterocycles. The number of aromatic nitrogens is 1. The van der Waals surface area contributed by atoms with Crippen molar-refractivity contribution in [2.75, 3.05) is 18.9 Å². The van der Waals surface area contributed by atoms with E-state index in [0.29, 0.717) is 11.6 Å². The second-order valence-corrected chi connectivity index (χ2v) is 5.82. The molecule has 4 nitrogen and oxygen atoms in total. The summed E-state index contributed by atoms with van der Waals surface area (Å²) in [7, 11) is 1.85. The van der Waals surface area contributed by atoms with Crippen LogP contribution >= 0.6 is 23.2 Å². The van der Waals surface area contributed by atoms with Crippen LogP contribution in [0.25, 0.3) is 0 Å². The van der Waals surface area contributed by atoms with E-state index in [1.165, 1.54) is 24.4 Å². The number of anilines is 1. The maximum absolute atomic E-state index is 13.1. The van der Waals surface area contributed by atoms with E-state index in [-0.39, 0.29) is 29.1 Å². The molecule has 0 fully saturated rings. The van der Waals surface area contributed by atoms with Crippen molar-refractivity contribution in [3.05, 3.63) is 58.0 Å². The van der Waals surface area contributed by atoms with Crippen LogP contribution in [0.4, 0.5) is 10.2 Å². The number of quaternary nitrogens is 1. The van der Waals surface area contributed by atoms with Gasteiger partial charge < -0.3 is 10.2 Å². The molecule has 0 bridgehead atoms. The molecule has 22 heavy (non-hydrogen) atoms. The van der Waals surface area contributed by atoms with Crippen molar-refractivity contribution in [2.45, 2.75) is 6.54 Å². The predicted molar refractivity (Wildman–Crippen MR) is 84.7 cm³/mol. The van der Waals surface area contributed by atoms with E-state index in [1.807, 2.05) is 13.1 Å². The minimum absolute atomic E-state index is 0.206. The van der Waals surface area contributed by atoms with Gasteiger partial charge in [-0.1, -0.05) is 35.3 Å². The Balaban J connectivity index is 1.91. The van der Waals surface area contributed by atoms with E-state index in [0.717, 1.165) is 10.5 Å². The summed E-state index contributed by atoms with van der Waals surface area (Å²) < 4.78 is 13.1. The molecule has 0 saturated heterocycles. The molecule has 0 saturated carbocycles. The first-order valence-electron chi connectivity index (χ1n) is 6.60. The Kier molecular flexibility index (Phi) is 5.71. The van der Waals surface area contributed by atoms with Gasteiger partial charge in [0.25, 0.3) is 5.91 Å². The van der Waals surface area contributed by atoms with Crippen LogP contribution < -0.4 is 10.2 Å². The van der Waals surface area contributed by atoms with Crippen molar-refractivity contribution in [3.8, 4) is 0 Å². The Bertz CT molecular complexity index is 682. The number of hydrogen-bond acceptors (Lipinski definition) is 2. The van der Waals surface area contributed by atoms with E-state index in [2.05, 4.69) is 10.3 Å². The van der Waals surface area contributed by atoms with E-state index in [4.69, 9.17) is 23.2 Å². The lowest BCUT2D eigenvalue weighted by atomic mass is 10.2. The van der Waals surface area contributed by atoms with Crippen LogP contribution in [0.2, 0.25) is 10.0 Å². The second-order valence-electron chi connectivity index (χ2n) is 4.97. The zero-order chi connectivity index (χ0) is 16.1. The first-order chi connectivity index (χ1) is 10.4. The molecule has 2 rings (SSSR count). The van der Waals surface area contributed by atoms with Gasteiger partial charge >= 0.3 is 0 Å². The average molecular weight is 343 g/mol. The first-order valence-corrected chi connectivity index (χ1v) is 7.36. The van der Waals surface area contributed by atoms with Crippen LogP contribution in [-0.4, -0.2) is 24.5 Å². The standard InChI is InChI=1S/C15H14Cl2FN3O/c1-21(8-10-3-2-4-12(18)5-10)9-14(22)20-15-13(17)6-11(16)7-19-15/h2-7H,8-9H2,1H3,(H,19,20,22)/p+1. The number of carbonyl (C=O) groups excluding carboxylic acids is 1. The Morgan fingerprint density at radius 3 is 2.82 bits per heavy atom. The number of likely N-dealkylation sites (N-methyl/N-ethyl adjacent to an activating group) is 1. The van der Waals surface area contributed by atoms with Crippen LogP contribution in [0.5, 0.6) is 0 Å². The van der Waals surface area contributed by atoms with Crippen LogP contribution in [0.3, 0.4) is 0 Å². The molecule has 1 amide bonds. The Hall–Kier alpha value is -1.69. The van der Waals surface area contributed by atoms with Gasteiger partial charge in [-0.3, -0.25) is 4.79 Å². The van der Waals surface area contributed by atoms with Gasteiger partial charge in [-0.05, 0) is 18.2 Å². The zero-order valence-electron chi connectivity index (χ0n) is 11.9. The van der Waals surface area contributed by atoms with Gasteiger partial charge in [-0.15, -0.1) is 0 Å². The minimum atomic E-state index is -0.285. The normalized spacial score (nSPS) is 12.0. The molecular weight excluding hydrogens is 328 g/mol. The number of benzene rings is 1. The van der Waals surface area contributed by atoms with Crippen molar-refractivity contribution >= 4 is 34.9 Å². The Morgan fingerprint density at radius 1 is 1.36 bits per heavy atom. The van der Waals surface area contributed by atoms with E-state index < -0.39 is 0 Å². The maximum Gasteiger partial charge on any atom is 0.280 e. The van der Waals surface area contributed by atoms with Gasteiger partial charge in [0.15, 0.2) is 12.4 Å². The molecule has 1 aromatic heterocycles. The van der Waals surface area contributed by atoms with Gasteiger partial charge in [-0.25, -0.2) is 9.37 Å². The van der Waals surface area contributed by atoms with Crippen molar-refractivity contribution in [3.63, 3.8) is 0 Å². The van der Waals surface area contributed by atoms with E-state index in [9.17, 15) is 9.18 Å². The van der Waals surface area contributed by atoms with Crippen molar-refractivity contribution in [1.82, 2.24) is 4.98 Å². The summed E-state index contributed by atoms with van der Waals surface area (Å²) in [6, 6.07) is 7.82. The number of nitrogens with zero attached hydrogens (tertiary/aromatic N) is 1. The largest absolute Gasteiger partial charge is 0.326 e. The number of pyridine rings is 1. The van der Waals surface area contributed by atoms with Crippen molar-refractivity contribution in [1.29, 1.82) is 0 Å². The summed E-state index contributed by atoms with van der Waals surface area (Å²) in [5.41, 5.74) is 0.827. The summed E-state index contributed by atoms with van der Waals surface area (Å²) in [4.78, 5) is 16.9. The molecule has 0 aliphatic carbocycles. The molecule has 1 atom stereocenters. The molecule has 1 unspecified atom stereocenters. The number of nitrogens with one attached hydrogen (secondary N) is 2. The minimum Gasteiger partial charge on any atom is -0.326 e. The Morgan fingerprint density at radius 2 is 2.14 bits per heavy atom. The summed E-state index contributed by atoms with van der Waals surface area (Å²) in [6.45, 7) is 0.740. The molecule has 0 spiro atoms. The quantitative estimate of drug-likeness (QED) is 0.874. The highest BCUT2D eigenvalue weighted by Gasteiger charge is 2.13. The molecule has 116 valence electrons. The fraction of sp³-hybridized carbons (Fsp3) is 0.200. The lowest BCUT2D eigenvalue weighted by Gasteiger charge is -2.14. The summed E-state index contributed by atoms with van der Waals surface area (Å²) in [5.74, 6) is -0.243. The van der Waals surface area contributed by atoms with Gasteiger partial charge in [0.2, 0.25) is 0 Å². The fourth-order valence-corrected chi connectivity index (χ4v) is 2.44. The molecule has 1 aromatic carbocycles.